The van der Waals surface area contributed by atoms with Gasteiger partial charge in [-0.25, -0.2) is 4.79 Å². The fraction of sp³-hybridized carbons (Fsp3) is 0.227. The highest BCUT2D eigenvalue weighted by Crippen LogP contribution is 2.23. The van der Waals surface area contributed by atoms with Gasteiger partial charge in [-0.1, -0.05) is 0 Å². The molecule has 2 N–H and O–H groups in total. The molecule has 0 radical (unpaired) electrons. The number of H-pyrrole nitrogens is 1. The third kappa shape index (κ3) is 4.29. The molecule has 0 aliphatic carbocycles. The normalized spacial score (nSPS) is 13.3. The zero-order valence-corrected chi connectivity index (χ0v) is 16.1. The standard InChI is InChI=1S/C22H22N4O3/c1-29-18-10-4-15(5-11-18)19-14-20(25-22(28)24-19)21(27)23-16-6-8-17(9-7-16)26-12-2-3-13-26/h4-11,14H,2-3,12-13H2,1H3,(H,23,27)(H,24,25,28). The number of carbonyl (C=O) groups is 1. The summed E-state index contributed by atoms with van der Waals surface area (Å²) in [6.07, 6.45) is 2.43. The summed E-state index contributed by atoms with van der Waals surface area (Å²) in [7, 11) is 1.58. The predicted octanol–water partition coefficient (Wildman–Crippen LogP) is 3.30. The molecule has 1 saturated heterocycles. The second-order valence-electron chi connectivity index (χ2n) is 6.91. The molecule has 1 aromatic heterocycles. The molecule has 0 bridgehead atoms. The van der Waals surface area contributed by atoms with Crippen molar-refractivity contribution in [3.63, 3.8) is 0 Å². The van der Waals surface area contributed by atoms with Gasteiger partial charge in [0.05, 0.1) is 12.8 Å². The lowest BCUT2D eigenvalue weighted by atomic mass is 10.1. The molecular formula is C22H22N4O3. The van der Waals surface area contributed by atoms with Crippen molar-refractivity contribution < 1.29 is 9.53 Å². The van der Waals surface area contributed by atoms with Crippen molar-refractivity contribution in [1.29, 1.82) is 0 Å². The summed E-state index contributed by atoms with van der Waals surface area (Å²) in [4.78, 5) is 33.4. The van der Waals surface area contributed by atoms with Crippen LogP contribution in [0.15, 0.2) is 59.4 Å². The highest BCUT2D eigenvalue weighted by atomic mass is 16.5. The first-order valence-electron chi connectivity index (χ1n) is 9.54. The molecular weight excluding hydrogens is 368 g/mol. The fourth-order valence-corrected chi connectivity index (χ4v) is 3.42. The van der Waals surface area contributed by atoms with E-state index in [1.54, 1.807) is 37.4 Å². The molecule has 29 heavy (non-hydrogen) atoms. The molecule has 1 aliphatic heterocycles. The van der Waals surface area contributed by atoms with E-state index in [0.29, 0.717) is 17.1 Å². The van der Waals surface area contributed by atoms with Crippen molar-refractivity contribution in [2.24, 2.45) is 0 Å². The van der Waals surface area contributed by atoms with E-state index >= 15 is 0 Å². The molecule has 7 heteroatoms. The van der Waals surface area contributed by atoms with Crippen LogP contribution in [0.25, 0.3) is 11.3 Å². The van der Waals surface area contributed by atoms with Crippen molar-refractivity contribution in [3.05, 3.63) is 70.8 Å². The van der Waals surface area contributed by atoms with Crippen LogP contribution in [0.3, 0.4) is 0 Å². The van der Waals surface area contributed by atoms with E-state index in [1.165, 1.54) is 12.8 Å². The molecule has 4 rings (SSSR count). The number of rotatable bonds is 5. The van der Waals surface area contributed by atoms with Crippen molar-refractivity contribution in [1.82, 2.24) is 9.97 Å². The summed E-state index contributed by atoms with van der Waals surface area (Å²) in [5, 5.41) is 2.82. The van der Waals surface area contributed by atoms with E-state index in [0.717, 1.165) is 24.3 Å². The first-order valence-corrected chi connectivity index (χ1v) is 9.54. The van der Waals surface area contributed by atoms with Crippen LogP contribution >= 0.6 is 0 Å². The monoisotopic (exact) mass is 390 g/mol. The minimum Gasteiger partial charge on any atom is -0.497 e. The largest absolute Gasteiger partial charge is 0.497 e. The minimum absolute atomic E-state index is 0.152. The Morgan fingerprint density at radius 1 is 1.07 bits per heavy atom. The van der Waals surface area contributed by atoms with Crippen LogP contribution in [0.1, 0.15) is 23.3 Å². The number of nitrogens with one attached hydrogen (secondary N) is 2. The number of hydrogen-bond acceptors (Lipinski definition) is 5. The second kappa shape index (κ2) is 8.18. The van der Waals surface area contributed by atoms with E-state index in [9.17, 15) is 9.59 Å². The smallest absolute Gasteiger partial charge is 0.346 e. The molecule has 7 nitrogen and oxygen atoms in total. The number of methoxy groups -OCH3 is 1. The molecule has 0 saturated carbocycles. The number of hydrogen-bond donors (Lipinski definition) is 2. The van der Waals surface area contributed by atoms with E-state index < -0.39 is 11.6 Å². The lowest BCUT2D eigenvalue weighted by Crippen LogP contribution is -2.21. The van der Waals surface area contributed by atoms with Gasteiger partial charge < -0.3 is 19.9 Å². The van der Waals surface area contributed by atoms with E-state index in [4.69, 9.17) is 4.74 Å². The molecule has 0 spiro atoms. The third-order valence-electron chi connectivity index (χ3n) is 4.97. The van der Waals surface area contributed by atoms with Gasteiger partial charge in [-0.2, -0.15) is 4.98 Å². The topological polar surface area (TPSA) is 87.3 Å². The molecule has 0 atom stereocenters. The Kier molecular flexibility index (Phi) is 5.29. The average Bonchev–Trinajstić information content (AvgIpc) is 3.29. The Hall–Kier alpha value is -3.61. The van der Waals surface area contributed by atoms with Crippen LogP contribution in [0.2, 0.25) is 0 Å². The maximum absolute atomic E-state index is 12.7. The minimum atomic E-state index is -0.576. The van der Waals surface area contributed by atoms with Crippen LogP contribution in [-0.2, 0) is 0 Å². The lowest BCUT2D eigenvalue weighted by Gasteiger charge is -2.17. The highest BCUT2D eigenvalue weighted by molar-refractivity contribution is 6.03. The summed E-state index contributed by atoms with van der Waals surface area (Å²) < 4.78 is 5.14. The maximum atomic E-state index is 12.7. The molecule has 2 heterocycles. The molecule has 3 aromatic rings. The molecule has 1 aliphatic rings. The zero-order valence-electron chi connectivity index (χ0n) is 16.1. The Balaban J connectivity index is 1.52. The Labute approximate surface area is 168 Å². The van der Waals surface area contributed by atoms with Crippen molar-refractivity contribution in [2.75, 3.05) is 30.4 Å². The van der Waals surface area contributed by atoms with Gasteiger partial charge in [-0.05, 0) is 67.4 Å². The van der Waals surface area contributed by atoms with Gasteiger partial charge in [0.15, 0.2) is 0 Å². The van der Waals surface area contributed by atoms with Crippen molar-refractivity contribution in [3.8, 4) is 17.0 Å². The van der Waals surface area contributed by atoms with Gasteiger partial charge in [0, 0.05) is 30.0 Å². The second-order valence-corrected chi connectivity index (χ2v) is 6.91. The average molecular weight is 390 g/mol. The van der Waals surface area contributed by atoms with Gasteiger partial charge in [-0.3, -0.25) is 4.79 Å². The van der Waals surface area contributed by atoms with Gasteiger partial charge in [-0.15, -0.1) is 0 Å². The number of carbonyl (C=O) groups excluding carboxylic acids is 1. The third-order valence-corrected chi connectivity index (χ3v) is 4.97. The van der Waals surface area contributed by atoms with Gasteiger partial charge in [0.25, 0.3) is 5.91 Å². The van der Waals surface area contributed by atoms with Gasteiger partial charge in [0.2, 0.25) is 0 Å². The molecule has 2 aromatic carbocycles. The van der Waals surface area contributed by atoms with Crippen LogP contribution in [0.4, 0.5) is 11.4 Å². The molecule has 148 valence electrons. The fourth-order valence-electron chi connectivity index (χ4n) is 3.42. The SMILES string of the molecule is COc1ccc(-c2cc(C(=O)Nc3ccc(N4CCCC4)cc3)[nH]c(=O)n2)cc1. The molecule has 1 amide bonds. The Bertz CT molecular complexity index is 1050. The Morgan fingerprint density at radius 3 is 2.41 bits per heavy atom. The highest BCUT2D eigenvalue weighted by Gasteiger charge is 2.14. The predicted molar refractivity (Wildman–Crippen MR) is 113 cm³/mol. The summed E-state index contributed by atoms with van der Waals surface area (Å²) in [6.45, 7) is 2.14. The number of anilines is 2. The quantitative estimate of drug-likeness (QED) is 0.698. The number of aromatic amines is 1. The number of amides is 1. The summed E-state index contributed by atoms with van der Waals surface area (Å²) in [6, 6.07) is 16.4. The maximum Gasteiger partial charge on any atom is 0.346 e. The van der Waals surface area contributed by atoms with Crippen LogP contribution in [0, 0.1) is 0 Å². The summed E-state index contributed by atoms with van der Waals surface area (Å²) in [5.41, 5.74) is 2.54. The number of aromatic nitrogens is 2. The van der Waals surface area contributed by atoms with Crippen LogP contribution < -0.4 is 20.6 Å². The van der Waals surface area contributed by atoms with E-state index in [2.05, 4.69) is 20.2 Å². The van der Waals surface area contributed by atoms with Crippen molar-refractivity contribution >= 4 is 17.3 Å². The number of nitrogens with zero attached hydrogens (tertiary/aromatic N) is 2. The van der Waals surface area contributed by atoms with E-state index in [1.807, 2.05) is 24.3 Å². The van der Waals surface area contributed by atoms with Crippen LogP contribution in [-0.4, -0.2) is 36.1 Å². The first-order chi connectivity index (χ1) is 14.1. The van der Waals surface area contributed by atoms with Gasteiger partial charge in [0.1, 0.15) is 11.4 Å². The molecule has 0 unspecified atom stereocenters. The van der Waals surface area contributed by atoms with Gasteiger partial charge >= 0.3 is 5.69 Å². The van der Waals surface area contributed by atoms with Crippen LogP contribution in [0.5, 0.6) is 5.75 Å². The summed E-state index contributed by atoms with van der Waals surface area (Å²) >= 11 is 0. The number of ether oxygens (including phenoxy) is 1. The molecule has 1 fully saturated rings. The number of benzene rings is 2. The lowest BCUT2D eigenvalue weighted by molar-refractivity contribution is 0.102. The summed E-state index contributed by atoms with van der Waals surface area (Å²) in [5.74, 6) is 0.308. The zero-order chi connectivity index (χ0) is 20.2. The first kappa shape index (κ1) is 18.7. The van der Waals surface area contributed by atoms with E-state index in [-0.39, 0.29) is 5.69 Å². The Morgan fingerprint density at radius 2 is 1.76 bits per heavy atom. The van der Waals surface area contributed by atoms with Crippen molar-refractivity contribution in [2.45, 2.75) is 12.8 Å².